The first-order valence-electron chi connectivity index (χ1n) is 9.04. The Morgan fingerprint density at radius 3 is 2.43 bits per heavy atom. The number of Topliss-reactive ketones (excluding diaryl/α,β-unsaturated/α-hetero) is 1. The first-order valence-corrected chi connectivity index (χ1v) is 9.79. The van der Waals surface area contributed by atoms with Crippen molar-refractivity contribution in [1.82, 2.24) is 4.40 Å². The molecule has 1 amide bonds. The summed E-state index contributed by atoms with van der Waals surface area (Å²) in [6.45, 7) is 0. The third-order valence-electron chi connectivity index (χ3n) is 4.69. The molecule has 5 nitrogen and oxygen atoms in total. The fraction of sp³-hybridized carbons (Fsp3) is 0.0435. The molecule has 2 aromatic carbocycles. The molecule has 150 valence electrons. The number of fused-ring (bicyclic) bond motifs is 1. The SMILES string of the molecule is COc1ccc(-c2cc3ccccn3c2C(=O)C(=O)Nc2ccccc2Cl)cc1Cl. The highest BCUT2D eigenvalue weighted by atomic mass is 35.5. The van der Waals surface area contributed by atoms with Crippen LogP contribution < -0.4 is 10.1 Å². The maximum atomic E-state index is 13.2. The summed E-state index contributed by atoms with van der Waals surface area (Å²) in [5.74, 6) is -0.954. The normalized spacial score (nSPS) is 10.8. The number of anilines is 1. The summed E-state index contributed by atoms with van der Waals surface area (Å²) < 4.78 is 6.89. The molecule has 0 aliphatic heterocycles. The van der Waals surface area contributed by atoms with E-state index < -0.39 is 11.7 Å². The molecule has 0 bridgehead atoms. The number of nitrogens with zero attached hydrogens (tertiary/aromatic N) is 1. The van der Waals surface area contributed by atoms with Crippen molar-refractivity contribution in [2.75, 3.05) is 12.4 Å². The van der Waals surface area contributed by atoms with E-state index in [0.29, 0.717) is 32.6 Å². The number of pyridine rings is 1. The molecule has 0 saturated carbocycles. The Balaban J connectivity index is 1.80. The van der Waals surface area contributed by atoms with E-state index in [9.17, 15) is 9.59 Å². The van der Waals surface area contributed by atoms with Crippen molar-refractivity contribution in [2.24, 2.45) is 0 Å². The summed E-state index contributed by atoms with van der Waals surface area (Å²) in [5, 5.41) is 3.35. The Labute approximate surface area is 182 Å². The largest absolute Gasteiger partial charge is 0.495 e. The number of nitrogens with one attached hydrogen (secondary N) is 1. The van der Waals surface area contributed by atoms with Gasteiger partial charge in [0.2, 0.25) is 0 Å². The van der Waals surface area contributed by atoms with Gasteiger partial charge in [0.15, 0.2) is 0 Å². The summed E-state index contributed by atoms with van der Waals surface area (Å²) in [6.07, 6.45) is 1.74. The molecule has 2 aromatic heterocycles. The van der Waals surface area contributed by atoms with Crippen LogP contribution >= 0.6 is 23.2 Å². The molecule has 0 atom stereocenters. The number of rotatable bonds is 5. The Bertz CT molecular complexity index is 1280. The van der Waals surface area contributed by atoms with Crippen molar-refractivity contribution in [3.8, 4) is 16.9 Å². The fourth-order valence-electron chi connectivity index (χ4n) is 3.26. The number of hydrogen-bond donors (Lipinski definition) is 1. The molecule has 0 radical (unpaired) electrons. The van der Waals surface area contributed by atoms with Gasteiger partial charge in [0.25, 0.3) is 11.7 Å². The van der Waals surface area contributed by atoms with Gasteiger partial charge in [0.1, 0.15) is 11.4 Å². The molecule has 0 fully saturated rings. The predicted octanol–water partition coefficient (Wildman–Crippen LogP) is 5.74. The molecule has 0 unspecified atom stereocenters. The minimum absolute atomic E-state index is 0.233. The minimum atomic E-state index is -0.784. The van der Waals surface area contributed by atoms with Crippen LogP contribution in [0.1, 0.15) is 10.5 Å². The van der Waals surface area contributed by atoms with Crippen LogP contribution in [0.25, 0.3) is 16.6 Å². The number of hydrogen-bond acceptors (Lipinski definition) is 3. The molecule has 4 rings (SSSR count). The van der Waals surface area contributed by atoms with Gasteiger partial charge in [0, 0.05) is 17.3 Å². The Morgan fingerprint density at radius 2 is 1.70 bits per heavy atom. The van der Waals surface area contributed by atoms with Gasteiger partial charge in [0.05, 0.1) is 22.8 Å². The molecule has 30 heavy (non-hydrogen) atoms. The van der Waals surface area contributed by atoms with Crippen LogP contribution in [-0.2, 0) is 4.79 Å². The number of halogens is 2. The molecule has 1 N–H and O–H groups in total. The molecule has 4 aromatic rings. The van der Waals surface area contributed by atoms with Crippen LogP contribution in [0.3, 0.4) is 0 Å². The second kappa shape index (κ2) is 8.22. The molecular formula is C23H16Cl2N2O3. The van der Waals surface area contributed by atoms with Crippen LogP contribution in [0.2, 0.25) is 10.0 Å². The number of amides is 1. The number of para-hydroxylation sites is 1. The van der Waals surface area contributed by atoms with E-state index in [1.807, 2.05) is 18.2 Å². The highest BCUT2D eigenvalue weighted by Crippen LogP contribution is 2.34. The Morgan fingerprint density at radius 1 is 0.933 bits per heavy atom. The lowest BCUT2D eigenvalue weighted by Gasteiger charge is -2.10. The van der Waals surface area contributed by atoms with E-state index in [-0.39, 0.29) is 5.69 Å². The molecule has 0 aliphatic rings. The van der Waals surface area contributed by atoms with Crippen LogP contribution in [0.5, 0.6) is 5.75 Å². The standard InChI is InChI=1S/C23H16Cl2N2O3/c1-30-20-10-9-14(12-18(20)25)16-13-15-6-4-5-11-27(15)21(16)22(28)23(29)26-19-8-3-2-7-17(19)24/h2-13H,1H3,(H,26,29). The molecule has 2 heterocycles. The van der Waals surface area contributed by atoms with Gasteiger partial charge in [-0.25, -0.2) is 0 Å². The maximum Gasteiger partial charge on any atom is 0.298 e. The average Bonchev–Trinajstić information content (AvgIpc) is 3.14. The number of ketones is 1. The second-order valence-corrected chi connectivity index (χ2v) is 7.33. The van der Waals surface area contributed by atoms with Gasteiger partial charge in [-0.15, -0.1) is 0 Å². The Kier molecular flexibility index (Phi) is 5.48. The number of ether oxygens (including phenoxy) is 1. The van der Waals surface area contributed by atoms with E-state index in [2.05, 4.69) is 5.32 Å². The van der Waals surface area contributed by atoms with Gasteiger partial charge in [-0.05, 0) is 48.0 Å². The highest BCUT2D eigenvalue weighted by molar-refractivity contribution is 6.48. The van der Waals surface area contributed by atoms with Crippen LogP contribution in [0, 0.1) is 0 Å². The smallest absolute Gasteiger partial charge is 0.298 e. The second-order valence-electron chi connectivity index (χ2n) is 6.51. The minimum Gasteiger partial charge on any atom is -0.495 e. The van der Waals surface area contributed by atoms with Crippen molar-refractivity contribution in [2.45, 2.75) is 0 Å². The van der Waals surface area contributed by atoms with Gasteiger partial charge in [-0.2, -0.15) is 0 Å². The zero-order valence-electron chi connectivity index (χ0n) is 15.9. The quantitative estimate of drug-likeness (QED) is 0.319. The molecular weight excluding hydrogens is 423 g/mol. The van der Waals surface area contributed by atoms with Crippen molar-refractivity contribution in [1.29, 1.82) is 0 Å². The number of carbonyl (C=O) groups excluding carboxylic acids is 2. The lowest BCUT2D eigenvalue weighted by atomic mass is 10.0. The third-order valence-corrected chi connectivity index (χ3v) is 5.31. The molecule has 0 saturated heterocycles. The summed E-state index contributed by atoms with van der Waals surface area (Å²) in [4.78, 5) is 26.0. The van der Waals surface area contributed by atoms with Crippen LogP contribution in [-0.4, -0.2) is 23.2 Å². The van der Waals surface area contributed by atoms with Crippen molar-refractivity contribution in [3.05, 3.63) is 88.7 Å². The molecule has 7 heteroatoms. The molecule has 0 spiro atoms. The monoisotopic (exact) mass is 438 g/mol. The van der Waals surface area contributed by atoms with E-state index in [1.54, 1.807) is 59.1 Å². The summed E-state index contributed by atoms with van der Waals surface area (Å²) in [5.41, 5.74) is 2.65. The number of carbonyl (C=O) groups is 2. The fourth-order valence-corrected chi connectivity index (χ4v) is 3.70. The molecule has 0 aliphatic carbocycles. The van der Waals surface area contributed by atoms with Crippen molar-refractivity contribution < 1.29 is 14.3 Å². The summed E-state index contributed by atoms with van der Waals surface area (Å²) in [7, 11) is 1.53. The van der Waals surface area contributed by atoms with E-state index >= 15 is 0 Å². The van der Waals surface area contributed by atoms with Gasteiger partial charge in [-0.3, -0.25) is 9.59 Å². The number of aromatic nitrogens is 1. The van der Waals surface area contributed by atoms with Crippen LogP contribution in [0.15, 0.2) is 72.9 Å². The zero-order chi connectivity index (χ0) is 21.3. The van der Waals surface area contributed by atoms with Gasteiger partial charge < -0.3 is 14.5 Å². The lowest BCUT2D eigenvalue weighted by molar-refractivity contribution is -0.112. The van der Waals surface area contributed by atoms with E-state index in [0.717, 1.165) is 5.52 Å². The lowest BCUT2D eigenvalue weighted by Crippen LogP contribution is -2.24. The maximum absolute atomic E-state index is 13.2. The third kappa shape index (κ3) is 3.65. The average molecular weight is 439 g/mol. The van der Waals surface area contributed by atoms with E-state index in [1.165, 1.54) is 7.11 Å². The summed E-state index contributed by atoms with van der Waals surface area (Å²) >= 11 is 12.4. The van der Waals surface area contributed by atoms with Crippen LogP contribution in [0.4, 0.5) is 5.69 Å². The number of benzene rings is 2. The van der Waals surface area contributed by atoms with Gasteiger partial charge >= 0.3 is 0 Å². The van der Waals surface area contributed by atoms with Crippen molar-refractivity contribution >= 4 is 46.1 Å². The van der Waals surface area contributed by atoms with Gasteiger partial charge in [-0.1, -0.05) is 47.5 Å². The topological polar surface area (TPSA) is 59.8 Å². The predicted molar refractivity (Wildman–Crippen MR) is 119 cm³/mol. The first kappa shape index (κ1) is 20.0. The van der Waals surface area contributed by atoms with E-state index in [4.69, 9.17) is 27.9 Å². The first-order chi connectivity index (χ1) is 14.5. The summed E-state index contributed by atoms with van der Waals surface area (Å²) in [6, 6.07) is 19.3. The zero-order valence-corrected chi connectivity index (χ0v) is 17.4. The number of methoxy groups -OCH3 is 1. The Hall–Kier alpha value is -3.28. The highest BCUT2D eigenvalue weighted by Gasteiger charge is 2.25. The van der Waals surface area contributed by atoms with Crippen molar-refractivity contribution in [3.63, 3.8) is 0 Å².